The van der Waals surface area contributed by atoms with E-state index in [9.17, 15) is 13.2 Å². The molecule has 1 aromatic carbocycles. The van der Waals surface area contributed by atoms with Gasteiger partial charge in [-0.05, 0) is 19.1 Å². The zero-order valence-corrected chi connectivity index (χ0v) is 8.02. The number of nitriles is 1. The van der Waals surface area contributed by atoms with E-state index in [4.69, 9.17) is 5.26 Å². The lowest BCUT2D eigenvalue weighted by molar-refractivity contribution is 0.448. The van der Waals surface area contributed by atoms with Gasteiger partial charge in [0.05, 0.1) is 17.7 Å². The molecule has 0 amide bonds. The summed E-state index contributed by atoms with van der Waals surface area (Å²) in [5.41, 5.74) is -0.143. The van der Waals surface area contributed by atoms with Crippen LogP contribution < -0.4 is 5.32 Å². The first-order chi connectivity index (χ1) is 7.06. The lowest BCUT2D eigenvalue weighted by Gasteiger charge is -2.08. The van der Waals surface area contributed by atoms with Crippen LogP contribution in [0.2, 0.25) is 0 Å². The maximum Gasteiger partial charge on any atom is 0.196 e. The molecule has 0 saturated heterocycles. The number of halogens is 3. The van der Waals surface area contributed by atoms with Crippen LogP contribution in [0.5, 0.6) is 0 Å². The standard InChI is InChI=1S/C10H9F3N2/c1-6(4-14)5-15-8-3-2-7(11)9(12)10(8)13/h2-3,6,15H,5H2,1H3. The molecule has 5 heteroatoms. The molecule has 0 aliphatic carbocycles. The molecular formula is C10H9F3N2. The summed E-state index contributed by atoms with van der Waals surface area (Å²) in [7, 11) is 0. The average Bonchev–Trinajstić information content (AvgIpc) is 2.24. The Kier molecular flexibility index (Phi) is 3.56. The minimum Gasteiger partial charge on any atom is -0.381 e. The van der Waals surface area contributed by atoms with Crippen molar-refractivity contribution < 1.29 is 13.2 Å². The highest BCUT2D eigenvalue weighted by molar-refractivity contribution is 5.45. The quantitative estimate of drug-likeness (QED) is 0.785. The van der Waals surface area contributed by atoms with Crippen LogP contribution in [0.3, 0.4) is 0 Å². The summed E-state index contributed by atoms with van der Waals surface area (Å²) in [4.78, 5) is 0. The Hall–Kier alpha value is -1.70. The molecule has 0 aromatic heterocycles. The average molecular weight is 214 g/mol. The molecule has 0 aliphatic rings. The van der Waals surface area contributed by atoms with Gasteiger partial charge in [0.25, 0.3) is 0 Å². The van der Waals surface area contributed by atoms with E-state index in [1.165, 1.54) is 0 Å². The van der Waals surface area contributed by atoms with Gasteiger partial charge >= 0.3 is 0 Å². The third kappa shape index (κ3) is 2.62. The second-order valence-electron chi connectivity index (χ2n) is 3.13. The van der Waals surface area contributed by atoms with Crippen LogP contribution in [0.1, 0.15) is 6.92 Å². The molecule has 1 atom stereocenters. The van der Waals surface area contributed by atoms with Crippen molar-refractivity contribution in [3.8, 4) is 6.07 Å². The van der Waals surface area contributed by atoms with Gasteiger partial charge in [-0.2, -0.15) is 5.26 Å². The minimum atomic E-state index is -1.51. The van der Waals surface area contributed by atoms with Gasteiger partial charge in [-0.3, -0.25) is 0 Å². The predicted octanol–water partition coefficient (Wildman–Crippen LogP) is 2.68. The molecule has 0 fully saturated rings. The highest BCUT2D eigenvalue weighted by Crippen LogP contribution is 2.19. The first-order valence-corrected chi connectivity index (χ1v) is 4.33. The maximum atomic E-state index is 13.1. The summed E-state index contributed by atoms with van der Waals surface area (Å²) >= 11 is 0. The topological polar surface area (TPSA) is 35.8 Å². The largest absolute Gasteiger partial charge is 0.381 e. The van der Waals surface area contributed by atoms with Crippen molar-refractivity contribution in [2.45, 2.75) is 6.92 Å². The van der Waals surface area contributed by atoms with Gasteiger partial charge in [-0.1, -0.05) is 0 Å². The van der Waals surface area contributed by atoms with Crippen LogP contribution in [0.25, 0.3) is 0 Å². The first-order valence-electron chi connectivity index (χ1n) is 4.33. The summed E-state index contributed by atoms with van der Waals surface area (Å²) in [6.07, 6.45) is 0. The number of nitrogens with one attached hydrogen (secondary N) is 1. The summed E-state index contributed by atoms with van der Waals surface area (Å²) in [5, 5.41) is 11.0. The Morgan fingerprint density at radius 1 is 1.33 bits per heavy atom. The van der Waals surface area contributed by atoms with Crippen molar-refractivity contribution in [1.82, 2.24) is 0 Å². The zero-order chi connectivity index (χ0) is 11.4. The van der Waals surface area contributed by atoms with Crippen LogP contribution in [-0.4, -0.2) is 6.54 Å². The first kappa shape index (κ1) is 11.4. The van der Waals surface area contributed by atoms with Crippen LogP contribution in [0, 0.1) is 34.7 Å². The van der Waals surface area contributed by atoms with Gasteiger partial charge in [-0.25, -0.2) is 13.2 Å². The van der Waals surface area contributed by atoms with Gasteiger partial charge in [0.2, 0.25) is 0 Å². The fraction of sp³-hybridized carbons (Fsp3) is 0.300. The Balaban J connectivity index is 2.80. The number of nitrogens with zero attached hydrogens (tertiary/aromatic N) is 1. The van der Waals surface area contributed by atoms with E-state index < -0.39 is 17.5 Å². The van der Waals surface area contributed by atoms with Crippen molar-refractivity contribution in [3.05, 3.63) is 29.6 Å². The molecule has 0 saturated carbocycles. The van der Waals surface area contributed by atoms with E-state index >= 15 is 0 Å². The lowest BCUT2D eigenvalue weighted by Crippen LogP contribution is -2.11. The lowest BCUT2D eigenvalue weighted by atomic mass is 10.2. The molecule has 1 aromatic rings. The van der Waals surface area contributed by atoms with Gasteiger partial charge in [0, 0.05) is 6.54 Å². The van der Waals surface area contributed by atoms with Gasteiger partial charge < -0.3 is 5.32 Å². The summed E-state index contributed by atoms with van der Waals surface area (Å²) in [5.74, 6) is -4.34. The van der Waals surface area contributed by atoms with E-state index in [1.807, 2.05) is 6.07 Å². The number of benzene rings is 1. The SMILES string of the molecule is CC(C#N)CNc1ccc(F)c(F)c1F. The predicted molar refractivity (Wildman–Crippen MR) is 49.6 cm³/mol. The molecule has 15 heavy (non-hydrogen) atoms. The summed E-state index contributed by atoms with van der Waals surface area (Å²) in [6, 6.07) is 3.85. The minimum absolute atomic E-state index is 0.143. The molecule has 0 aliphatic heterocycles. The van der Waals surface area contributed by atoms with Gasteiger partial charge in [-0.15, -0.1) is 0 Å². The smallest absolute Gasteiger partial charge is 0.196 e. The molecule has 1 rings (SSSR count). The van der Waals surface area contributed by atoms with Crippen molar-refractivity contribution in [3.63, 3.8) is 0 Å². The molecule has 0 heterocycles. The van der Waals surface area contributed by atoms with Crippen molar-refractivity contribution in [1.29, 1.82) is 5.26 Å². The molecule has 80 valence electrons. The van der Waals surface area contributed by atoms with Crippen LogP contribution in [0.15, 0.2) is 12.1 Å². The number of anilines is 1. The molecule has 2 nitrogen and oxygen atoms in total. The van der Waals surface area contributed by atoms with E-state index in [-0.39, 0.29) is 18.2 Å². The number of hydrogen-bond acceptors (Lipinski definition) is 2. The third-order valence-electron chi connectivity index (χ3n) is 1.85. The monoisotopic (exact) mass is 214 g/mol. The highest BCUT2D eigenvalue weighted by Gasteiger charge is 2.13. The van der Waals surface area contributed by atoms with Crippen molar-refractivity contribution in [2.75, 3.05) is 11.9 Å². The Labute approximate surface area is 85.3 Å². The van der Waals surface area contributed by atoms with Crippen LogP contribution >= 0.6 is 0 Å². The van der Waals surface area contributed by atoms with Crippen molar-refractivity contribution >= 4 is 5.69 Å². The highest BCUT2D eigenvalue weighted by atomic mass is 19.2. The Morgan fingerprint density at radius 2 is 2.00 bits per heavy atom. The Bertz CT molecular complexity index is 398. The molecule has 0 spiro atoms. The van der Waals surface area contributed by atoms with E-state index in [2.05, 4.69) is 5.32 Å². The molecule has 0 bridgehead atoms. The summed E-state index contributed by atoms with van der Waals surface area (Å²) in [6.45, 7) is 1.81. The maximum absolute atomic E-state index is 13.1. The van der Waals surface area contributed by atoms with Crippen LogP contribution in [-0.2, 0) is 0 Å². The van der Waals surface area contributed by atoms with Crippen molar-refractivity contribution in [2.24, 2.45) is 5.92 Å². The van der Waals surface area contributed by atoms with Crippen LogP contribution in [0.4, 0.5) is 18.9 Å². The number of rotatable bonds is 3. The molecule has 1 N–H and O–H groups in total. The second kappa shape index (κ2) is 4.69. The fourth-order valence-electron chi connectivity index (χ4n) is 0.971. The molecule has 0 radical (unpaired) electrons. The third-order valence-corrected chi connectivity index (χ3v) is 1.85. The van der Waals surface area contributed by atoms with E-state index in [0.29, 0.717) is 0 Å². The molecular weight excluding hydrogens is 205 g/mol. The van der Waals surface area contributed by atoms with Gasteiger partial charge in [0.15, 0.2) is 17.5 Å². The van der Waals surface area contributed by atoms with E-state index in [0.717, 1.165) is 12.1 Å². The van der Waals surface area contributed by atoms with Gasteiger partial charge in [0.1, 0.15) is 0 Å². The normalized spacial score (nSPS) is 11.9. The zero-order valence-electron chi connectivity index (χ0n) is 8.02. The second-order valence-corrected chi connectivity index (χ2v) is 3.13. The Morgan fingerprint density at radius 3 is 2.60 bits per heavy atom. The summed E-state index contributed by atoms with van der Waals surface area (Å²) < 4.78 is 38.3. The molecule has 1 unspecified atom stereocenters. The fourth-order valence-corrected chi connectivity index (χ4v) is 0.971. The van der Waals surface area contributed by atoms with E-state index in [1.54, 1.807) is 6.92 Å². The number of hydrogen-bond donors (Lipinski definition) is 1.